The lowest BCUT2D eigenvalue weighted by Crippen LogP contribution is -2.42. The third-order valence-electron chi connectivity index (χ3n) is 4.57. The maximum atomic E-state index is 3.76. The quantitative estimate of drug-likeness (QED) is 0.850. The van der Waals surface area contributed by atoms with Gasteiger partial charge in [0.25, 0.3) is 0 Å². The lowest BCUT2D eigenvalue weighted by molar-refractivity contribution is 0.230. The Balaban J connectivity index is 1.75. The largest absolute Gasteiger partial charge is 0.312 e. The molecule has 0 saturated heterocycles. The van der Waals surface area contributed by atoms with E-state index >= 15 is 0 Å². The lowest BCUT2D eigenvalue weighted by atomic mass is 9.95. The molecule has 0 heterocycles. The van der Waals surface area contributed by atoms with Crippen molar-refractivity contribution in [2.75, 3.05) is 13.6 Å². The van der Waals surface area contributed by atoms with Crippen molar-refractivity contribution in [2.24, 2.45) is 0 Å². The van der Waals surface area contributed by atoms with E-state index in [0.29, 0.717) is 6.04 Å². The van der Waals surface area contributed by atoms with Crippen LogP contribution in [0.25, 0.3) is 0 Å². The standard InChI is InChI=1S/C18H30N2/c1-15-8-7-9-17(12-15)14-20(3)16(2)13-19-18-10-5-4-6-11-18/h7-9,12,16,18-19H,4-6,10-11,13-14H2,1-3H3. The minimum absolute atomic E-state index is 0.581. The van der Waals surface area contributed by atoms with Crippen LogP contribution < -0.4 is 5.32 Å². The Labute approximate surface area is 124 Å². The van der Waals surface area contributed by atoms with E-state index in [9.17, 15) is 0 Å². The second kappa shape index (κ2) is 7.80. The predicted molar refractivity (Wildman–Crippen MR) is 87.0 cm³/mol. The summed E-state index contributed by atoms with van der Waals surface area (Å²) in [6.07, 6.45) is 6.99. The monoisotopic (exact) mass is 274 g/mol. The molecule has 2 rings (SSSR count). The zero-order chi connectivity index (χ0) is 14.4. The molecule has 1 saturated carbocycles. The smallest absolute Gasteiger partial charge is 0.0234 e. The Morgan fingerprint density at radius 1 is 1.25 bits per heavy atom. The molecule has 0 amide bonds. The number of hydrogen-bond donors (Lipinski definition) is 1. The lowest BCUT2D eigenvalue weighted by Gasteiger charge is -2.29. The molecule has 1 unspecified atom stereocenters. The van der Waals surface area contributed by atoms with Crippen molar-refractivity contribution < 1.29 is 0 Å². The Morgan fingerprint density at radius 2 is 2.00 bits per heavy atom. The second-order valence-corrected chi connectivity index (χ2v) is 6.50. The highest BCUT2D eigenvalue weighted by atomic mass is 15.1. The summed E-state index contributed by atoms with van der Waals surface area (Å²) >= 11 is 0. The van der Waals surface area contributed by atoms with Crippen LogP contribution in [0.4, 0.5) is 0 Å². The molecule has 1 aliphatic rings. The van der Waals surface area contributed by atoms with Gasteiger partial charge in [-0.3, -0.25) is 4.90 Å². The van der Waals surface area contributed by atoms with E-state index in [1.54, 1.807) is 0 Å². The number of nitrogens with zero attached hydrogens (tertiary/aromatic N) is 1. The van der Waals surface area contributed by atoms with Gasteiger partial charge in [0, 0.05) is 25.2 Å². The summed E-state index contributed by atoms with van der Waals surface area (Å²) in [5.41, 5.74) is 2.76. The van der Waals surface area contributed by atoms with Gasteiger partial charge in [-0.1, -0.05) is 49.1 Å². The fourth-order valence-electron chi connectivity index (χ4n) is 3.05. The number of hydrogen-bond acceptors (Lipinski definition) is 2. The number of benzene rings is 1. The normalized spacial score (nSPS) is 18.4. The second-order valence-electron chi connectivity index (χ2n) is 6.50. The van der Waals surface area contributed by atoms with Crippen molar-refractivity contribution in [3.05, 3.63) is 35.4 Å². The first kappa shape index (κ1) is 15.5. The van der Waals surface area contributed by atoms with Crippen molar-refractivity contribution in [3.8, 4) is 0 Å². The third kappa shape index (κ3) is 4.92. The first-order valence-electron chi connectivity index (χ1n) is 8.14. The van der Waals surface area contributed by atoms with E-state index in [2.05, 4.69) is 55.4 Å². The van der Waals surface area contributed by atoms with Crippen molar-refractivity contribution >= 4 is 0 Å². The average Bonchev–Trinajstić information content (AvgIpc) is 2.46. The molecule has 1 aromatic rings. The highest BCUT2D eigenvalue weighted by Gasteiger charge is 2.15. The van der Waals surface area contributed by atoms with Crippen molar-refractivity contribution in [1.82, 2.24) is 10.2 Å². The summed E-state index contributed by atoms with van der Waals surface area (Å²) in [5, 5.41) is 3.76. The molecular formula is C18H30N2. The van der Waals surface area contributed by atoms with Crippen LogP contribution in [0.2, 0.25) is 0 Å². The van der Waals surface area contributed by atoms with E-state index in [4.69, 9.17) is 0 Å². The van der Waals surface area contributed by atoms with Crippen LogP contribution in [0.1, 0.15) is 50.2 Å². The summed E-state index contributed by atoms with van der Waals surface area (Å²) in [6, 6.07) is 10.2. The van der Waals surface area contributed by atoms with Crippen molar-refractivity contribution in [1.29, 1.82) is 0 Å². The molecular weight excluding hydrogens is 244 g/mol. The molecule has 1 aliphatic carbocycles. The van der Waals surface area contributed by atoms with Crippen LogP contribution in [-0.4, -0.2) is 30.6 Å². The molecule has 112 valence electrons. The Hall–Kier alpha value is -0.860. The van der Waals surface area contributed by atoms with Crippen molar-refractivity contribution in [3.63, 3.8) is 0 Å². The summed E-state index contributed by atoms with van der Waals surface area (Å²) in [4.78, 5) is 2.45. The van der Waals surface area contributed by atoms with Crippen LogP contribution in [0.15, 0.2) is 24.3 Å². The van der Waals surface area contributed by atoms with Gasteiger partial charge >= 0.3 is 0 Å². The molecule has 1 atom stereocenters. The fraction of sp³-hybridized carbons (Fsp3) is 0.667. The highest BCUT2D eigenvalue weighted by molar-refractivity contribution is 5.22. The minimum atomic E-state index is 0.581. The summed E-state index contributed by atoms with van der Waals surface area (Å²) in [7, 11) is 2.23. The summed E-state index contributed by atoms with van der Waals surface area (Å²) in [6.45, 7) is 6.63. The molecule has 1 aromatic carbocycles. The molecule has 0 bridgehead atoms. The van der Waals surface area contributed by atoms with Gasteiger partial charge in [0.2, 0.25) is 0 Å². The maximum absolute atomic E-state index is 3.76. The highest BCUT2D eigenvalue weighted by Crippen LogP contribution is 2.17. The van der Waals surface area contributed by atoms with Gasteiger partial charge in [-0.2, -0.15) is 0 Å². The number of likely N-dealkylation sites (N-methyl/N-ethyl adjacent to an activating group) is 1. The molecule has 20 heavy (non-hydrogen) atoms. The van der Waals surface area contributed by atoms with Gasteiger partial charge in [0.1, 0.15) is 0 Å². The van der Waals surface area contributed by atoms with E-state index in [0.717, 1.165) is 19.1 Å². The van der Waals surface area contributed by atoms with Crippen LogP contribution in [0, 0.1) is 6.92 Å². The topological polar surface area (TPSA) is 15.3 Å². The van der Waals surface area contributed by atoms with Gasteiger partial charge in [0.15, 0.2) is 0 Å². The molecule has 0 spiro atoms. The van der Waals surface area contributed by atoms with Crippen molar-refractivity contribution in [2.45, 2.75) is 64.6 Å². The average molecular weight is 274 g/mol. The molecule has 1 fully saturated rings. The maximum Gasteiger partial charge on any atom is 0.0234 e. The first-order chi connectivity index (χ1) is 9.65. The van der Waals surface area contributed by atoms with E-state index in [1.165, 1.54) is 43.2 Å². The van der Waals surface area contributed by atoms with Gasteiger partial charge in [-0.05, 0) is 39.3 Å². The predicted octanol–water partition coefficient (Wildman–Crippen LogP) is 3.74. The van der Waals surface area contributed by atoms with Crippen LogP contribution in [0.3, 0.4) is 0 Å². The van der Waals surface area contributed by atoms with Crippen LogP contribution >= 0.6 is 0 Å². The Morgan fingerprint density at radius 3 is 2.70 bits per heavy atom. The first-order valence-corrected chi connectivity index (χ1v) is 8.14. The van der Waals surface area contributed by atoms with E-state index in [1.807, 2.05) is 0 Å². The molecule has 0 aliphatic heterocycles. The Kier molecular flexibility index (Phi) is 6.06. The molecule has 2 heteroatoms. The molecule has 0 aromatic heterocycles. The van der Waals surface area contributed by atoms with Gasteiger partial charge < -0.3 is 5.32 Å². The Bertz CT molecular complexity index is 396. The van der Waals surface area contributed by atoms with Gasteiger partial charge in [-0.25, -0.2) is 0 Å². The minimum Gasteiger partial charge on any atom is -0.312 e. The fourth-order valence-corrected chi connectivity index (χ4v) is 3.05. The SMILES string of the molecule is Cc1cccc(CN(C)C(C)CNC2CCCCC2)c1. The molecule has 1 N–H and O–H groups in total. The van der Waals surface area contributed by atoms with Crippen LogP contribution in [0.5, 0.6) is 0 Å². The zero-order valence-electron chi connectivity index (χ0n) is 13.4. The zero-order valence-corrected chi connectivity index (χ0v) is 13.4. The van der Waals surface area contributed by atoms with E-state index in [-0.39, 0.29) is 0 Å². The molecule has 2 nitrogen and oxygen atoms in total. The number of rotatable bonds is 6. The van der Waals surface area contributed by atoms with Gasteiger partial charge in [0.05, 0.1) is 0 Å². The number of aryl methyl sites for hydroxylation is 1. The van der Waals surface area contributed by atoms with E-state index < -0.39 is 0 Å². The third-order valence-corrected chi connectivity index (χ3v) is 4.57. The summed E-state index contributed by atoms with van der Waals surface area (Å²) < 4.78 is 0. The molecule has 0 radical (unpaired) electrons. The number of nitrogens with one attached hydrogen (secondary N) is 1. The van der Waals surface area contributed by atoms with Crippen LogP contribution in [-0.2, 0) is 6.54 Å². The van der Waals surface area contributed by atoms with Gasteiger partial charge in [-0.15, -0.1) is 0 Å². The summed E-state index contributed by atoms with van der Waals surface area (Å²) in [5.74, 6) is 0.